The Morgan fingerprint density at radius 3 is 2.52 bits per heavy atom. The number of aryl methyl sites for hydroxylation is 2. The highest BCUT2D eigenvalue weighted by molar-refractivity contribution is 7.89. The lowest BCUT2D eigenvalue weighted by Crippen LogP contribution is -2.40. The van der Waals surface area contributed by atoms with Crippen molar-refractivity contribution >= 4 is 10.0 Å². The average Bonchev–Trinajstić information content (AvgIpc) is 2.91. The summed E-state index contributed by atoms with van der Waals surface area (Å²) in [5, 5.41) is 10.8. The van der Waals surface area contributed by atoms with Crippen LogP contribution in [0, 0.1) is 0 Å². The molecule has 0 saturated carbocycles. The maximum Gasteiger partial charge on any atom is 0.212 e. The Morgan fingerprint density at radius 1 is 1.04 bits per heavy atom. The van der Waals surface area contributed by atoms with Crippen LogP contribution in [0.25, 0.3) is 0 Å². The molecule has 0 aliphatic heterocycles. The molecule has 1 atom stereocenters. The van der Waals surface area contributed by atoms with E-state index >= 15 is 0 Å². The maximum absolute atomic E-state index is 12.2. The van der Waals surface area contributed by atoms with E-state index in [1.165, 1.54) is 0 Å². The van der Waals surface area contributed by atoms with Gasteiger partial charge in [-0.05, 0) is 36.0 Å². The van der Waals surface area contributed by atoms with Gasteiger partial charge in [0.15, 0.2) is 0 Å². The lowest BCUT2D eigenvalue weighted by Gasteiger charge is -2.24. The first kappa shape index (κ1) is 16.2. The van der Waals surface area contributed by atoms with Crippen LogP contribution in [-0.4, -0.2) is 25.8 Å². The zero-order valence-electron chi connectivity index (χ0n) is 12.9. The van der Waals surface area contributed by atoms with Gasteiger partial charge in [-0.1, -0.05) is 54.6 Å². The highest BCUT2D eigenvalue weighted by Crippen LogP contribution is 2.36. The summed E-state index contributed by atoms with van der Waals surface area (Å²) < 4.78 is 27.0. The van der Waals surface area contributed by atoms with Gasteiger partial charge >= 0.3 is 0 Å². The SMILES string of the molecule is O=S(=O)(CCc1ccccc1)NCC1(O)CCc2ccccc21. The monoisotopic (exact) mass is 331 g/mol. The molecule has 2 aromatic rings. The van der Waals surface area contributed by atoms with E-state index in [0.717, 1.165) is 23.1 Å². The molecular weight excluding hydrogens is 310 g/mol. The standard InChI is InChI=1S/C18H21NO3S/c20-18(12-10-16-8-4-5-9-17(16)18)14-19-23(21,22)13-11-15-6-2-1-3-7-15/h1-9,19-20H,10-14H2. The van der Waals surface area contributed by atoms with E-state index in [1.54, 1.807) is 0 Å². The Bertz CT molecular complexity index is 774. The topological polar surface area (TPSA) is 66.4 Å². The van der Waals surface area contributed by atoms with Gasteiger partial charge in [-0.25, -0.2) is 13.1 Å². The van der Waals surface area contributed by atoms with Crippen molar-refractivity contribution in [3.8, 4) is 0 Å². The predicted molar refractivity (Wildman–Crippen MR) is 90.6 cm³/mol. The largest absolute Gasteiger partial charge is 0.384 e. The van der Waals surface area contributed by atoms with E-state index in [9.17, 15) is 13.5 Å². The zero-order valence-corrected chi connectivity index (χ0v) is 13.7. The van der Waals surface area contributed by atoms with Crippen LogP contribution in [-0.2, 0) is 28.5 Å². The lowest BCUT2D eigenvalue weighted by atomic mass is 9.96. The van der Waals surface area contributed by atoms with Crippen molar-refractivity contribution in [2.24, 2.45) is 0 Å². The van der Waals surface area contributed by atoms with Crippen molar-refractivity contribution in [3.63, 3.8) is 0 Å². The molecule has 0 heterocycles. The zero-order chi connectivity index (χ0) is 16.3. The molecule has 0 amide bonds. The van der Waals surface area contributed by atoms with Gasteiger partial charge in [-0.2, -0.15) is 0 Å². The number of aliphatic hydroxyl groups is 1. The quantitative estimate of drug-likeness (QED) is 0.851. The number of nitrogens with one attached hydrogen (secondary N) is 1. The van der Waals surface area contributed by atoms with Gasteiger partial charge < -0.3 is 5.11 Å². The second-order valence-electron chi connectivity index (χ2n) is 6.06. The molecule has 2 N–H and O–H groups in total. The fourth-order valence-electron chi connectivity index (χ4n) is 3.05. The lowest BCUT2D eigenvalue weighted by molar-refractivity contribution is 0.0442. The first-order valence-corrected chi connectivity index (χ1v) is 9.46. The van der Waals surface area contributed by atoms with Gasteiger partial charge in [0.2, 0.25) is 10.0 Å². The summed E-state index contributed by atoms with van der Waals surface area (Å²) in [6.07, 6.45) is 1.79. The van der Waals surface area contributed by atoms with Crippen LogP contribution >= 0.6 is 0 Å². The number of hydrogen-bond donors (Lipinski definition) is 2. The van der Waals surface area contributed by atoms with Crippen LogP contribution in [0.15, 0.2) is 54.6 Å². The minimum atomic E-state index is -3.42. The molecule has 3 rings (SSSR count). The summed E-state index contributed by atoms with van der Waals surface area (Å²) in [5.74, 6) is 0.0226. The van der Waals surface area contributed by atoms with Crippen molar-refractivity contribution in [2.45, 2.75) is 24.9 Å². The fourth-order valence-corrected chi connectivity index (χ4v) is 4.16. The Kier molecular flexibility index (Phi) is 4.53. The summed E-state index contributed by atoms with van der Waals surface area (Å²) >= 11 is 0. The van der Waals surface area contributed by atoms with E-state index in [1.807, 2.05) is 54.6 Å². The molecule has 0 spiro atoms. The Morgan fingerprint density at radius 2 is 1.74 bits per heavy atom. The van der Waals surface area contributed by atoms with E-state index in [2.05, 4.69) is 4.72 Å². The summed E-state index contributed by atoms with van der Waals surface area (Å²) in [6.45, 7) is 0.0289. The van der Waals surface area contributed by atoms with Gasteiger partial charge in [-0.15, -0.1) is 0 Å². The number of benzene rings is 2. The van der Waals surface area contributed by atoms with E-state index < -0.39 is 15.6 Å². The van der Waals surface area contributed by atoms with Crippen molar-refractivity contribution < 1.29 is 13.5 Å². The smallest absolute Gasteiger partial charge is 0.212 e. The van der Waals surface area contributed by atoms with Gasteiger partial charge in [0, 0.05) is 6.54 Å². The fraction of sp³-hybridized carbons (Fsp3) is 0.333. The summed E-state index contributed by atoms with van der Waals surface area (Å²) in [5.41, 5.74) is 1.82. The van der Waals surface area contributed by atoms with Gasteiger partial charge in [0.25, 0.3) is 0 Å². The molecule has 0 fully saturated rings. The Hall–Kier alpha value is -1.69. The second-order valence-corrected chi connectivity index (χ2v) is 7.99. The number of sulfonamides is 1. The number of fused-ring (bicyclic) bond motifs is 1. The van der Waals surface area contributed by atoms with Crippen molar-refractivity contribution in [1.29, 1.82) is 0 Å². The predicted octanol–water partition coefficient (Wildman–Crippen LogP) is 1.98. The third-order valence-electron chi connectivity index (χ3n) is 4.41. The third kappa shape index (κ3) is 3.80. The Labute approximate surface area is 137 Å². The second kappa shape index (κ2) is 6.43. The van der Waals surface area contributed by atoms with Crippen LogP contribution in [0.5, 0.6) is 0 Å². The average molecular weight is 331 g/mol. The molecule has 2 aromatic carbocycles. The molecule has 4 nitrogen and oxygen atoms in total. The van der Waals surface area contributed by atoms with Gasteiger partial charge in [0.1, 0.15) is 5.60 Å². The van der Waals surface area contributed by atoms with Gasteiger partial charge in [-0.3, -0.25) is 0 Å². The molecule has 0 bridgehead atoms. The van der Waals surface area contributed by atoms with Gasteiger partial charge in [0.05, 0.1) is 5.75 Å². The van der Waals surface area contributed by atoms with Crippen LogP contribution < -0.4 is 4.72 Å². The van der Waals surface area contributed by atoms with Crippen molar-refractivity contribution in [2.75, 3.05) is 12.3 Å². The van der Waals surface area contributed by atoms with Crippen LogP contribution in [0.1, 0.15) is 23.1 Å². The summed E-state index contributed by atoms with van der Waals surface area (Å²) in [6, 6.07) is 17.2. The van der Waals surface area contributed by atoms with E-state index in [-0.39, 0.29) is 12.3 Å². The summed E-state index contributed by atoms with van der Waals surface area (Å²) in [7, 11) is -3.42. The molecule has 1 aliphatic rings. The molecule has 5 heteroatoms. The Balaban J connectivity index is 1.61. The number of hydrogen-bond acceptors (Lipinski definition) is 3. The van der Waals surface area contributed by atoms with Crippen LogP contribution in [0.4, 0.5) is 0 Å². The highest BCUT2D eigenvalue weighted by Gasteiger charge is 2.37. The molecule has 1 aliphatic carbocycles. The first-order chi connectivity index (χ1) is 11.0. The minimum Gasteiger partial charge on any atom is -0.384 e. The third-order valence-corrected chi connectivity index (χ3v) is 5.74. The molecule has 122 valence electrons. The van der Waals surface area contributed by atoms with Crippen molar-refractivity contribution in [1.82, 2.24) is 4.72 Å². The molecule has 0 radical (unpaired) electrons. The molecular formula is C18H21NO3S. The maximum atomic E-state index is 12.2. The normalized spacial score (nSPS) is 20.4. The number of rotatable bonds is 6. The van der Waals surface area contributed by atoms with E-state index in [0.29, 0.717) is 12.8 Å². The highest BCUT2D eigenvalue weighted by atomic mass is 32.2. The molecule has 23 heavy (non-hydrogen) atoms. The molecule has 0 saturated heterocycles. The van der Waals surface area contributed by atoms with Crippen LogP contribution in [0.3, 0.4) is 0 Å². The van der Waals surface area contributed by atoms with Crippen molar-refractivity contribution in [3.05, 3.63) is 71.3 Å². The molecule has 1 unspecified atom stereocenters. The summed E-state index contributed by atoms with van der Waals surface area (Å²) in [4.78, 5) is 0. The van der Waals surface area contributed by atoms with E-state index in [4.69, 9.17) is 0 Å². The minimum absolute atomic E-state index is 0.0226. The molecule has 0 aromatic heterocycles. The first-order valence-electron chi connectivity index (χ1n) is 7.81. The van der Waals surface area contributed by atoms with Crippen LogP contribution in [0.2, 0.25) is 0 Å².